The maximum absolute atomic E-state index is 13.2. The number of hydrogen-bond acceptors (Lipinski definition) is 6. The molecule has 0 saturated heterocycles. The first kappa shape index (κ1) is 17.5. The van der Waals surface area contributed by atoms with E-state index in [1.807, 2.05) is 18.2 Å². The standard InChI is InChI=1S/C19H13N3O3S2/c20-27(24,25)13-7-5-12(6-8-13)19-17(15-11-21-9-10-22-15)18(23)14-3-1-2-4-16(14)26-19/h1-11H,(H2,20,24,25). The highest BCUT2D eigenvalue weighted by atomic mass is 32.2. The first-order chi connectivity index (χ1) is 12.9. The Morgan fingerprint density at radius 1 is 0.963 bits per heavy atom. The summed E-state index contributed by atoms with van der Waals surface area (Å²) in [6.07, 6.45) is 4.61. The van der Waals surface area contributed by atoms with Crippen molar-refractivity contribution in [1.29, 1.82) is 0 Å². The molecule has 0 aliphatic heterocycles. The van der Waals surface area contributed by atoms with Gasteiger partial charge < -0.3 is 0 Å². The first-order valence-corrected chi connectivity index (χ1v) is 10.3. The Morgan fingerprint density at radius 2 is 1.70 bits per heavy atom. The van der Waals surface area contributed by atoms with Crippen LogP contribution in [0.3, 0.4) is 0 Å². The second-order valence-corrected chi connectivity index (χ2v) is 8.41. The summed E-state index contributed by atoms with van der Waals surface area (Å²) in [7, 11) is -3.79. The van der Waals surface area contributed by atoms with Crippen LogP contribution in [0.2, 0.25) is 0 Å². The van der Waals surface area contributed by atoms with Gasteiger partial charge in [-0.3, -0.25) is 14.8 Å². The lowest BCUT2D eigenvalue weighted by atomic mass is 10.0. The molecule has 0 fully saturated rings. The average Bonchev–Trinajstić information content (AvgIpc) is 2.68. The van der Waals surface area contributed by atoms with Crippen LogP contribution < -0.4 is 10.6 Å². The molecule has 2 aromatic carbocycles. The van der Waals surface area contributed by atoms with E-state index in [1.54, 1.807) is 30.6 Å². The maximum atomic E-state index is 13.2. The number of rotatable bonds is 3. The van der Waals surface area contributed by atoms with Gasteiger partial charge in [-0.05, 0) is 29.8 Å². The lowest BCUT2D eigenvalue weighted by Gasteiger charge is -2.10. The van der Waals surface area contributed by atoms with Gasteiger partial charge in [-0.2, -0.15) is 0 Å². The zero-order valence-corrected chi connectivity index (χ0v) is 15.5. The van der Waals surface area contributed by atoms with Crippen molar-refractivity contribution in [1.82, 2.24) is 9.97 Å². The third-order valence-corrected chi connectivity index (χ3v) is 6.21. The monoisotopic (exact) mass is 395 g/mol. The second kappa shape index (κ2) is 6.66. The third-order valence-electron chi connectivity index (χ3n) is 4.06. The molecule has 0 unspecified atom stereocenters. The molecule has 0 radical (unpaired) electrons. The van der Waals surface area contributed by atoms with E-state index in [2.05, 4.69) is 9.97 Å². The molecule has 0 saturated carbocycles. The average molecular weight is 395 g/mol. The van der Waals surface area contributed by atoms with Crippen molar-refractivity contribution in [2.75, 3.05) is 0 Å². The number of nitrogens with two attached hydrogens (primary N) is 1. The van der Waals surface area contributed by atoms with Gasteiger partial charge in [0.2, 0.25) is 10.0 Å². The zero-order valence-electron chi connectivity index (χ0n) is 13.9. The van der Waals surface area contributed by atoms with Crippen LogP contribution in [0.25, 0.3) is 31.8 Å². The molecule has 0 amide bonds. The predicted octanol–water partition coefficient (Wildman–Crippen LogP) is 3.03. The SMILES string of the molecule is NS(=O)(=O)c1ccc(-c2sc3ccccc3c(=O)c2-c2cnccn2)cc1. The largest absolute Gasteiger partial charge is 0.288 e. The molecule has 4 rings (SSSR count). The van der Waals surface area contributed by atoms with Crippen molar-refractivity contribution in [3.63, 3.8) is 0 Å². The van der Waals surface area contributed by atoms with Gasteiger partial charge in [0.15, 0.2) is 5.43 Å². The van der Waals surface area contributed by atoms with Gasteiger partial charge in [0.25, 0.3) is 0 Å². The summed E-state index contributed by atoms with van der Waals surface area (Å²) in [5, 5.41) is 5.78. The molecule has 0 aliphatic carbocycles. The molecule has 0 spiro atoms. The number of aromatic nitrogens is 2. The minimum absolute atomic E-state index is 0.0143. The Kier molecular flexibility index (Phi) is 4.31. The van der Waals surface area contributed by atoms with Gasteiger partial charge in [0.1, 0.15) is 0 Å². The van der Waals surface area contributed by atoms with Crippen molar-refractivity contribution >= 4 is 31.4 Å². The summed E-state index contributed by atoms with van der Waals surface area (Å²) in [5.41, 5.74) is 1.47. The summed E-state index contributed by atoms with van der Waals surface area (Å²) < 4.78 is 23.9. The molecule has 0 atom stereocenters. The van der Waals surface area contributed by atoms with E-state index >= 15 is 0 Å². The predicted molar refractivity (Wildman–Crippen MR) is 106 cm³/mol. The van der Waals surface area contributed by atoms with Gasteiger partial charge in [0.05, 0.1) is 22.3 Å². The van der Waals surface area contributed by atoms with E-state index < -0.39 is 10.0 Å². The summed E-state index contributed by atoms with van der Waals surface area (Å²) in [6, 6.07) is 13.5. The minimum Gasteiger partial charge on any atom is -0.288 e. The highest BCUT2D eigenvalue weighted by Gasteiger charge is 2.18. The fraction of sp³-hybridized carbons (Fsp3) is 0. The smallest absolute Gasteiger partial charge is 0.238 e. The van der Waals surface area contributed by atoms with E-state index in [0.717, 1.165) is 4.70 Å². The number of benzene rings is 2. The molecule has 2 aromatic heterocycles. The molecule has 134 valence electrons. The molecule has 0 aliphatic rings. The van der Waals surface area contributed by atoms with Crippen LogP contribution in [0.15, 0.2) is 76.8 Å². The lowest BCUT2D eigenvalue weighted by Crippen LogP contribution is -2.11. The van der Waals surface area contributed by atoms with E-state index in [4.69, 9.17) is 5.14 Å². The van der Waals surface area contributed by atoms with Crippen LogP contribution in [-0.2, 0) is 10.0 Å². The Labute approximate surface area is 159 Å². The van der Waals surface area contributed by atoms with Crippen LogP contribution in [-0.4, -0.2) is 18.4 Å². The summed E-state index contributed by atoms with van der Waals surface area (Å²) >= 11 is 1.44. The van der Waals surface area contributed by atoms with Crippen molar-refractivity contribution in [3.8, 4) is 21.7 Å². The van der Waals surface area contributed by atoms with E-state index in [1.165, 1.54) is 29.7 Å². The molecule has 0 bridgehead atoms. The number of fused-ring (bicyclic) bond motifs is 1. The molecule has 8 heteroatoms. The Morgan fingerprint density at radius 3 is 2.37 bits per heavy atom. The lowest BCUT2D eigenvalue weighted by molar-refractivity contribution is 0.598. The number of nitrogens with zero attached hydrogens (tertiary/aromatic N) is 2. The van der Waals surface area contributed by atoms with Crippen LogP contribution in [0.4, 0.5) is 0 Å². The summed E-state index contributed by atoms with van der Waals surface area (Å²) in [5.74, 6) is 0. The molecule has 2 heterocycles. The number of sulfonamides is 1. The highest BCUT2D eigenvalue weighted by Crippen LogP contribution is 2.36. The third kappa shape index (κ3) is 3.25. The fourth-order valence-electron chi connectivity index (χ4n) is 2.80. The quantitative estimate of drug-likeness (QED) is 0.574. The normalized spacial score (nSPS) is 11.6. The van der Waals surface area contributed by atoms with Crippen LogP contribution in [0.1, 0.15) is 0 Å². The number of hydrogen-bond donors (Lipinski definition) is 1. The Hall–Kier alpha value is -2.94. The highest BCUT2D eigenvalue weighted by molar-refractivity contribution is 7.89. The summed E-state index contributed by atoms with van der Waals surface area (Å²) in [6.45, 7) is 0. The van der Waals surface area contributed by atoms with E-state index in [0.29, 0.717) is 27.1 Å². The first-order valence-electron chi connectivity index (χ1n) is 7.90. The molecule has 27 heavy (non-hydrogen) atoms. The van der Waals surface area contributed by atoms with E-state index in [-0.39, 0.29) is 10.3 Å². The van der Waals surface area contributed by atoms with Crippen LogP contribution in [0, 0.1) is 0 Å². The van der Waals surface area contributed by atoms with Gasteiger partial charge in [0, 0.05) is 27.4 Å². The molecular weight excluding hydrogens is 382 g/mol. The second-order valence-electron chi connectivity index (χ2n) is 5.79. The summed E-state index contributed by atoms with van der Waals surface area (Å²) in [4.78, 5) is 22.2. The van der Waals surface area contributed by atoms with Gasteiger partial charge >= 0.3 is 0 Å². The van der Waals surface area contributed by atoms with Crippen molar-refractivity contribution in [2.24, 2.45) is 5.14 Å². The number of primary sulfonamides is 1. The topological polar surface area (TPSA) is 103 Å². The van der Waals surface area contributed by atoms with Crippen molar-refractivity contribution in [2.45, 2.75) is 4.90 Å². The van der Waals surface area contributed by atoms with Gasteiger partial charge in [-0.25, -0.2) is 13.6 Å². The fourth-order valence-corrected chi connectivity index (χ4v) is 4.51. The molecular formula is C19H13N3O3S2. The van der Waals surface area contributed by atoms with Gasteiger partial charge in [-0.15, -0.1) is 11.3 Å². The van der Waals surface area contributed by atoms with Gasteiger partial charge in [-0.1, -0.05) is 24.3 Å². The van der Waals surface area contributed by atoms with Crippen LogP contribution >= 0.6 is 11.3 Å². The Bertz CT molecular complexity index is 1300. The van der Waals surface area contributed by atoms with Crippen LogP contribution in [0.5, 0.6) is 0 Å². The minimum atomic E-state index is -3.79. The molecule has 2 N–H and O–H groups in total. The maximum Gasteiger partial charge on any atom is 0.238 e. The zero-order chi connectivity index (χ0) is 19.0. The van der Waals surface area contributed by atoms with Crippen molar-refractivity contribution < 1.29 is 8.42 Å². The van der Waals surface area contributed by atoms with E-state index in [9.17, 15) is 13.2 Å². The Balaban J connectivity index is 2.03. The molecule has 6 nitrogen and oxygen atoms in total. The van der Waals surface area contributed by atoms with Crippen molar-refractivity contribution in [3.05, 3.63) is 77.3 Å². The molecule has 4 aromatic rings.